The third-order valence-electron chi connectivity index (χ3n) is 6.18. The Labute approximate surface area is 237 Å². The molecule has 1 saturated heterocycles. The molecule has 0 unspecified atom stereocenters. The Kier molecular flexibility index (Phi) is 7.77. The molecule has 2 aromatic carbocycles. The summed E-state index contributed by atoms with van der Waals surface area (Å²) in [5, 5.41) is 10.7. The molecule has 41 heavy (non-hydrogen) atoms. The maximum absolute atomic E-state index is 13.8. The topological polar surface area (TPSA) is 151 Å². The highest BCUT2D eigenvalue weighted by atomic mass is 79.9. The molecule has 4 aromatic rings. The second-order valence-electron chi connectivity index (χ2n) is 8.93. The van der Waals surface area contributed by atoms with Crippen LogP contribution in [0.2, 0.25) is 0 Å². The zero-order valence-electron chi connectivity index (χ0n) is 20.6. The van der Waals surface area contributed by atoms with Crippen LogP contribution in [0.5, 0.6) is 0 Å². The van der Waals surface area contributed by atoms with Gasteiger partial charge < -0.3 is 0 Å². The lowest BCUT2D eigenvalue weighted by Crippen LogP contribution is -2.39. The third-order valence-corrected chi connectivity index (χ3v) is 8.46. The fourth-order valence-electron chi connectivity index (χ4n) is 4.12. The van der Waals surface area contributed by atoms with Gasteiger partial charge in [-0.1, -0.05) is 17.3 Å². The van der Waals surface area contributed by atoms with Crippen molar-refractivity contribution in [3.05, 3.63) is 68.9 Å². The van der Waals surface area contributed by atoms with Crippen LogP contribution in [0.3, 0.4) is 0 Å². The summed E-state index contributed by atoms with van der Waals surface area (Å²) in [5.41, 5.74) is -0.0733. The Bertz CT molecular complexity index is 1630. The maximum atomic E-state index is 13.8. The van der Waals surface area contributed by atoms with Gasteiger partial charge in [0, 0.05) is 19.6 Å². The number of nitrogens with zero attached hydrogens (tertiary/aromatic N) is 6. The molecule has 12 nitrogen and oxygen atoms in total. The van der Waals surface area contributed by atoms with E-state index in [1.165, 1.54) is 36.4 Å². The quantitative estimate of drug-likeness (QED) is 0.281. The van der Waals surface area contributed by atoms with Gasteiger partial charge in [-0.15, -0.1) is 0 Å². The third kappa shape index (κ3) is 6.05. The van der Waals surface area contributed by atoms with E-state index in [9.17, 15) is 36.3 Å². The predicted octanol–water partition coefficient (Wildman–Crippen LogP) is 4.57. The summed E-state index contributed by atoms with van der Waals surface area (Å²) in [6.07, 6.45) is -5.35. The molecule has 0 bridgehead atoms. The molecule has 2 aromatic heterocycles. The van der Waals surface area contributed by atoms with Crippen molar-refractivity contribution < 1.29 is 40.6 Å². The van der Waals surface area contributed by atoms with Gasteiger partial charge in [-0.25, -0.2) is 18.4 Å². The summed E-state index contributed by atoms with van der Waals surface area (Å²) in [6, 6.07) is 8.97. The van der Waals surface area contributed by atoms with Gasteiger partial charge in [0.1, 0.15) is 5.82 Å². The zero-order valence-corrected chi connectivity index (χ0v) is 23.0. The molecule has 1 fully saturated rings. The number of hydrogen-bond acceptors (Lipinski definition) is 10. The number of carbonyl (C=O) groups excluding carboxylic acids is 1. The second-order valence-corrected chi connectivity index (χ2v) is 12.2. The van der Waals surface area contributed by atoms with Crippen LogP contribution < -0.4 is 10.7 Å². The molecular weight excluding hydrogens is 644 g/mol. The van der Waals surface area contributed by atoms with Crippen LogP contribution in [0.25, 0.3) is 17.2 Å². The van der Waals surface area contributed by atoms with Crippen molar-refractivity contribution in [2.75, 3.05) is 29.5 Å². The monoisotopic (exact) mass is 662 g/mol. The van der Waals surface area contributed by atoms with E-state index in [2.05, 4.69) is 36.0 Å². The number of hydrogen-bond donors (Lipinski definition) is 2. The van der Waals surface area contributed by atoms with Gasteiger partial charge in [0.15, 0.2) is 5.69 Å². The van der Waals surface area contributed by atoms with Crippen molar-refractivity contribution in [2.45, 2.75) is 12.7 Å². The smallest absolute Gasteiger partial charge is 0.299 e. The summed E-state index contributed by atoms with van der Waals surface area (Å²) in [7, 11) is -2.59. The molecule has 0 saturated carbocycles. The molecule has 5 rings (SSSR count). The molecule has 1 aliphatic heterocycles. The molecule has 218 valence electrons. The van der Waals surface area contributed by atoms with Crippen molar-refractivity contribution in [3.8, 4) is 17.2 Å². The van der Waals surface area contributed by atoms with E-state index >= 15 is 0 Å². The van der Waals surface area contributed by atoms with Gasteiger partial charge in [0.05, 0.1) is 27.4 Å². The fourth-order valence-corrected chi connectivity index (χ4v) is 5.79. The van der Waals surface area contributed by atoms with Gasteiger partial charge in [-0.2, -0.15) is 23.8 Å². The van der Waals surface area contributed by atoms with Crippen LogP contribution >= 0.6 is 26.5 Å². The lowest BCUT2D eigenvalue weighted by atomic mass is 10.1. The lowest BCUT2D eigenvalue weighted by molar-refractivity contribution is -0.169. The Hall–Kier alpha value is -3.58. The van der Waals surface area contributed by atoms with Gasteiger partial charge in [0.25, 0.3) is 0 Å². The number of rotatable bonds is 6. The van der Waals surface area contributed by atoms with Crippen LogP contribution in [0, 0.1) is 5.82 Å². The maximum Gasteiger partial charge on any atom is 0.472 e. The molecular formula is C23H19BrF4N6O6S. The summed E-state index contributed by atoms with van der Waals surface area (Å²) >= 11 is 2.99. The first-order valence-corrected chi connectivity index (χ1v) is 14.3. The average molecular weight is 663 g/mol. The standard InChI is InChI=1S/C23H19BrF4N6O6S/c24-16-11-15(5-6-17(16)25)34-19(30-39-22(34)36)18-20(31-40-29-18)33(21(35)23(26,27)28)14-3-1-13(2-4-14)12-32-7-9-41(37,38)10-8-32/h1-6,11,37-38H,7-10,12H2. The first-order chi connectivity index (χ1) is 19.3. The molecule has 3 heterocycles. The summed E-state index contributed by atoms with van der Waals surface area (Å²) in [6.45, 7) is 1.25. The van der Waals surface area contributed by atoms with E-state index < -0.39 is 51.6 Å². The zero-order chi connectivity index (χ0) is 29.5. The molecule has 2 N–H and O–H groups in total. The Morgan fingerprint density at radius 2 is 1.76 bits per heavy atom. The van der Waals surface area contributed by atoms with E-state index in [4.69, 9.17) is 4.52 Å². The van der Waals surface area contributed by atoms with E-state index in [1.807, 2.05) is 4.90 Å². The molecule has 0 spiro atoms. The van der Waals surface area contributed by atoms with Gasteiger partial charge in [0.2, 0.25) is 11.6 Å². The van der Waals surface area contributed by atoms with Crippen LogP contribution in [0.1, 0.15) is 5.56 Å². The van der Waals surface area contributed by atoms with Gasteiger partial charge >= 0.3 is 17.8 Å². The van der Waals surface area contributed by atoms with E-state index in [1.54, 1.807) is 0 Å². The van der Waals surface area contributed by atoms with Crippen LogP contribution in [-0.2, 0) is 11.3 Å². The van der Waals surface area contributed by atoms with E-state index in [0.29, 0.717) is 25.2 Å². The summed E-state index contributed by atoms with van der Waals surface area (Å²) in [4.78, 5) is 27.3. The normalized spacial score (nSPS) is 16.5. The second kappa shape index (κ2) is 11.0. The van der Waals surface area contributed by atoms with Crippen LogP contribution in [-0.4, -0.2) is 70.7 Å². The number of halogens is 5. The van der Waals surface area contributed by atoms with Gasteiger partial charge in [-0.3, -0.25) is 28.2 Å². The molecule has 0 aliphatic carbocycles. The average Bonchev–Trinajstić information content (AvgIpc) is 3.54. The highest BCUT2D eigenvalue weighted by Gasteiger charge is 2.46. The van der Waals surface area contributed by atoms with Crippen LogP contribution in [0.15, 0.2) is 60.9 Å². The lowest BCUT2D eigenvalue weighted by Gasteiger charge is -2.41. The minimum Gasteiger partial charge on any atom is -0.299 e. The first kappa shape index (κ1) is 28.9. The minimum atomic E-state index is -5.35. The summed E-state index contributed by atoms with van der Waals surface area (Å²) < 4.78 is 84.7. The van der Waals surface area contributed by atoms with E-state index in [0.717, 1.165) is 10.6 Å². The number of amides is 1. The first-order valence-electron chi connectivity index (χ1n) is 11.7. The Balaban J connectivity index is 1.51. The van der Waals surface area contributed by atoms with Crippen molar-refractivity contribution in [3.63, 3.8) is 0 Å². The Morgan fingerprint density at radius 3 is 2.39 bits per heavy atom. The number of aromatic nitrogens is 4. The van der Waals surface area contributed by atoms with Crippen molar-refractivity contribution in [1.82, 2.24) is 24.9 Å². The van der Waals surface area contributed by atoms with Gasteiger partial charge in [-0.05, 0) is 62.1 Å². The van der Waals surface area contributed by atoms with Crippen molar-refractivity contribution in [2.24, 2.45) is 0 Å². The highest BCUT2D eigenvalue weighted by Crippen LogP contribution is 2.41. The molecule has 18 heteroatoms. The number of carbonyl (C=O) groups is 1. The molecule has 0 atom stereocenters. The number of benzene rings is 2. The van der Waals surface area contributed by atoms with Crippen molar-refractivity contribution >= 4 is 43.9 Å². The fraction of sp³-hybridized carbons (Fsp3) is 0.261. The largest absolute Gasteiger partial charge is 0.472 e. The molecule has 1 amide bonds. The number of alkyl halides is 3. The van der Waals surface area contributed by atoms with Crippen LogP contribution in [0.4, 0.5) is 29.1 Å². The predicted molar refractivity (Wildman–Crippen MR) is 141 cm³/mol. The molecule has 0 radical (unpaired) electrons. The molecule has 1 aliphatic rings. The highest BCUT2D eigenvalue weighted by molar-refractivity contribution is 9.10. The minimum absolute atomic E-state index is 0.0190. The van der Waals surface area contributed by atoms with Crippen molar-refractivity contribution in [1.29, 1.82) is 0 Å². The summed E-state index contributed by atoms with van der Waals surface area (Å²) in [5.74, 6) is -4.80. The number of anilines is 2. The van der Waals surface area contributed by atoms with E-state index in [-0.39, 0.29) is 32.3 Å². The Morgan fingerprint density at radius 1 is 1.07 bits per heavy atom. The SMILES string of the molecule is O=C(N(c1ccc(CN2CCS(O)(O)CC2)cc1)c1nonc1-c1noc(=O)n1-c1ccc(F)c(Br)c1)C(F)(F)F.